The van der Waals surface area contributed by atoms with Gasteiger partial charge >= 0.3 is 5.97 Å². The number of likely N-dealkylation sites (N-methyl/N-ethyl adjacent to an activating group) is 1. The third kappa shape index (κ3) is 3.48. The predicted octanol–water partition coefficient (Wildman–Crippen LogP) is -0.0404. The highest BCUT2D eigenvalue weighted by molar-refractivity contribution is 5.83. The van der Waals surface area contributed by atoms with Gasteiger partial charge in [0.1, 0.15) is 0 Å². The topological polar surface area (TPSA) is 49.9 Å². The number of piperazine rings is 1. The Bertz CT molecular complexity index is 260. The molecule has 1 aliphatic rings. The van der Waals surface area contributed by atoms with Crippen molar-refractivity contribution in [1.82, 2.24) is 9.80 Å². The number of carbonyl (C=O) groups excluding carboxylic acids is 2. The second-order valence-corrected chi connectivity index (χ2v) is 4.31. The molecule has 1 fully saturated rings. The van der Waals surface area contributed by atoms with Gasteiger partial charge in [-0.3, -0.25) is 9.59 Å². The predicted molar refractivity (Wildman–Crippen MR) is 59.9 cm³/mol. The molecule has 0 saturated carbocycles. The van der Waals surface area contributed by atoms with Crippen molar-refractivity contribution < 1.29 is 14.3 Å². The zero-order chi connectivity index (χ0) is 12.1. The van der Waals surface area contributed by atoms with Crippen LogP contribution in [-0.2, 0) is 14.3 Å². The van der Waals surface area contributed by atoms with Gasteiger partial charge in [0.25, 0.3) is 0 Å². The molecule has 0 spiro atoms. The van der Waals surface area contributed by atoms with Gasteiger partial charge in [-0.1, -0.05) is 6.92 Å². The molecule has 1 amide bonds. The first-order valence-electron chi connectivity index (χ1n) is 5.58. The number of nitrogens with zero attached hydrogens (tertiary/aromatic N) is 2. The second-order valence-electron chi connectivity index (χ2n) is 4.31. The van der Waals surface area contributed by atoms with E-state index in [0.29, 0.717) is 0 Å². The molecule has 1 heterocycles. The van der Waals surface area contributed by atoms with E-state index in [9.17, 15) is 9.59 Å². The van der Waals surface area contributed by atoms with Crippen molar-refractivity contribution in [3.05, 3.63) is 0 Å². The second kappa shape index (κ2) is 5.84. The summed E-state index contributed by atoms with van der Waals surface area (Å²) in [6.07, 6.45) is 0.168. The molecule has 0 bridgehead atoms. The zero-order valence-corrected chi connectivity index (χ0v) is 10.2. The highest BCUT2D eigenvalue weighted by Crippen LogP contribution is 2.10. The number of carbonyl (C=O) groups is 2. The lowest BCUT2D eigenvalue weighted by atomic mass is 10.1. The van der Waals surface area contributed by atoms with Gasteiger partial charge in [-0.15, -0.1) is 0 Å². The number of esters is 1. The van der Waals surface area contributed by atoms with E-state index in [1.165, 1.54) is 7.11 Å². The fraction of sp³-hybridized carbons (Fsp3) is 0.818. The number of methoxy groups -OCH3 is 1. The van der Waals surface area contributed by atoms with Crippen LogP contribution in [0.2, 0.25) is 0 Å². The summed E-state index contributed by atoms with van der Waals surface area (Å²) in [5.74, 6) is -0.552. The first kappa shape index (κ1) is 13.0. The monoisotopic (exact) mass is 228 g/mol. The molecule has 5 nitrogen and oxygen atoms in total. The van der Waals surface area contributed by atoms with Crippen LogP contribution in [0.25, 0.3) is 0 Å². The summed E-state index contributed by atoms with van der Waals surface area (Å²) >= 11 is 0. The van der Waals surface area contributed by atoms with Gasteiger partial charge in [0.05, 0.1) is 13.5 Å². The van der Waals surface area contributed by atoms with E-state index in [4.69, 9.17) is 0 Å². The Balaban J connectivity index is 2.41. The van der Waals surface area contributed by atoms with Crippen LogP contribution >= 0.6 is 0 Å². The quantitative estimate of drug-likeness (QED) is 0.636. The number of ether oxygens (including phenoxy) is 1. The minimum Gasteiger partial charge on any atom is -0.469 e. The van der Waals surface area contributed by atoms with E-state index in [0.717, 1.165) is 26.2 Å². The lowest BCUT2D eigenvalue weighted by molar-refractivity contribution is -0.147. The highest BCUT2D eigenvalue weighted by Gasteiger charge is 2.25. The van der Waals surface area contributed by atoms with Crippen molar-refractivity contribution in [2.24, 2.45) is 5.92 Å². The lowest BCUT2D eigenvalue weighted by Gasteiger charge is -2.33. The first-order valence-corrected chi connectivity index (χ1v) is 5.58. The standard InChI is InChI=1S/C11H20N2O3/c1-9(8-10(14)16-3)11(15)13-6-4-12(2)5-7-13/h9H,4-8H2,1-3H3. The van der Waals surface area contributed by atoms with Gasteiger partial charge < -0.3 is 14.5 Å². The van der Waals surface area contributed by atoms with Gasteiger partial charge in [0.2, 0.25) is 5.91 Å². The maximum absolute atomic E-state index is 12.0. The Hall–Kier alpha value is -1.10. The maximum Gasteiger partial charge on any atom is 0.306 e. The van der Waals surface area contributed by atoms with Crippen molar-refractivity contribution in [1.29, 1.82) is 0 Å². The van der Waals surface area contributed by atoms with Gasteiger partial charge in [-0.05, 0) is 7.05 Å². The van der Waals surface area contributed by atoms with Crippen LogP contribution in [0.3, 0.4) is 0 Å². The number of amides is 1. The number of rotatable bonds is 3. The molecule has 0 aromatic heterocycles. The van der Waals surface area contributed by atoms with Crippen molar-refractivity contribution >= 4 is 11.9 Å². The lowest BCUT2D eigenvalue weighted by Crippen LogP contribution is -2.48. The van der Waals surface area contributed by atoms with Crippen molar-refractivity contribution in [2.75, 3.05) is 40.3 Å². The molecule has 0 aromatic rings. The Kier molecular flexibility index (Phi) is 4.73. The summed E-state index contributed by atoms with van der Waals surface area (Å²) in [6, 6.07) is 0. The molecular weight excluding hydrogens is 208 g/mol. The molecule has 92 valence electrons. The van der Waals surface area contributed by atoms with Crippen molar-refractivity contribution in [2.45, 2.75) is 13.3 Å². The van der Waals surface area contributed by atoms with E-state index in [1.807, 2.05) is 11.9 Å². The maximum atomic E-state index is 12.0. The van der Waals surface area contributed by atoms with E-state index < -0.39 is 0 Å². The molecule has 1 aliphatic heterocycles. The van der Waals surface area contributed by atoms with Crippen molar-refractivity contribution in [3.63, 3.8) is 0 Å². The van der Waals surface area contributed by atoms with Crippen LogP contribution in [0.4, 0.5) is 0 Å². The number of hydrogen-bond acceptors (Lipinski definition) is 4. The third-order valence-corrected chi connectivity index (χ3v) is 2.94. The van der Waals surface area contributed by atoms with Crippen LogP contribution < -0.4 is 0 Å². The van der Waals surface area contributed by atoms with Gasteiger partial charge in [0, 0.05) is 32.1 Å². The Morgan fingerprint density at radius 2 is 1.81 bits per heavy atom. The average Bonchev–Trinajstić information content (AvgIpc) is 2.28. The van der Waals surface area contributed by atoms with Crippen LogP contribution in [0.5, 0.6) is 0 Å². The van der Waals surface area contributed by atoms with Gasteiger partial charge in [-0.25, -0.2) is 0 Å². The highest BCUT2D eigenvalue weighted by atomic mass is 16.5. The van der Waals surface area contributed by atoms with E-state index in [1.54, 1.807) is 6.92 Å². The molecule has 0 aromatic carbocycles. The minimum atomic E-state index is -0.324. The summed E-state index contributed by atoms with van der Waals surface area (Å²) < 4.78 is 4.56. The fourth-order valence-electron chi connectivity index (χ4n) is 1.76. The van der Waals surface area contributed by atoms with Gasteiger partial charge in [0.15, 0.2) is 0 Å². The van der Waals surface area contributed by atoms with E-state index in [2.05, 4.69) is 9.64 Å². The normalized spacial score (nSPS) is 19.3. The first-order chi connectivity index (χ1) is 7.54. The van der Waals surface area contributed by atoms with Crippen LogP contribution in [0.15, 0.2) is 0 Å². The molecular formula is C11H20N2O3. The van der Waals surface area contributed by atoms with Crippen molar-refractivity contribution in [3.8, 4) is 0 Å². The molecule has 16 heavy (non-hydrogen) atoms. The largest absolute Gasteiger partial charge is 0.469 e. The summed E-state index contributed by atoms with van der Waals surface area (Å²) in [7, 11) is 3.38. The van der Waals surface area contributed by atoms with Gasteiger partial charge in [-0.2, -0.15) is 0 Å². The Labute approximate surface area is 96.3 Å². The minimum absolute atomic E-state index is 0.0542. The fourth-order valence-corrected chi connectivity index (χ4v) is 1.76. The molecule has 0 aliphatic carbocycles. The molecule has 1 atom stereocenters. The SMILES string of the molecule is COC(=O)CC(C)C(=O)N1CCN(C)CC1. The molecule has 0 radical (unpaired) electrons. The molecule has 1 rings (SSSR count). The average molecular weight is 228 g/mol. The van der Waals surface area contributed by atoms with Crippen LogP contribution in [0, 0.1) is 5.92 Å². The van der Waals surface area contributed by atoms with E-state index >= 15 is 0 Å². The molecule has 1 saturated heterocycles. The Morgan fingerprint density at radius 3 is 2.31 bits per heavy atom. The summed E-state index contributed by atoms with van der Waals surface area (Å²) in [5, 5.41) is 0. The summed E-state index contributed by atoms with van der Waals surface area (Å²) in [5.41, 5.74) is 0. The van der Waals surface area contributed by atoms with Crippen LogP contribution in [0.1, 0.15) is 13.3 Å². The molecule has 0 N–H and O–H groups in total. The Morgan fingerprint density at radius 1 is 1.25 bits per heavy atom. The number of hydrogen-bond donors (Lipinski definition) is 0. The third-order valence-electron chi connectivity index (χ3n) is 2.94. The smallest absolute Gasteiger partial charge is 0.306 e. The molecule has 1 unspecified atom stereocenters. The van der Waals surface area contributed by atoms with Crippen LogP contribution in [-0.4, -0.2) is 62.0 Å². The molecule has 5 heteroatoms. The summed E-state index contributed by atoms with van der Waals surface area (Å²) in [6.45, 7) is 5.08. The summed E-state index contributed by atoms with van der Waals surface area (Å²) in [4.78, 5) is 27.0. The zero-order valence-electron chi connectivity index (χ0n) is 10.2. The van der Waals surface area contributed by atoms with E-state index in [-0.39, 0.29) is 24.2 Å².